The molecule has 1 N–H and O–H groups in total. The lowest BCUT2D eigenvalue weighted by atomic mass is 10.2. The van der Waals surface area contributed by atoms with Gasteiger partial charge >= 0.3 is 0 Å². The first-order chi connectivity index (χ1) is 7.72. The topological polar surface area (TPSA) is 42.7 Å². The van der Waals surface area contributed by atoms with Crippen LogP contribution in [0.15, 0.2) is 24.5 Å². The molecule has 84 valence electrons. The normalized spacial score (nSPS) is 10.7. The second kappa shape index (κ2) is 4.45. The zero-order valence-electron chi connectivity index (χ0n) is 9.86. The van der Waals surface area contributed by atoms with Gasteiger partial charge in [-0.2, -0.15) is 5.10 Å². The quantitative estimate of drug-likeness (QED) is 0.847. The van der Waals surface area contributed by atoms with Gasteiger partial charge in [0.1, 0.15) is 0 Å². The first kappa shape index (κ1) is 10.8. The van der Waals surface area contributed by atoms with Crippen molar-refractivity contribution >= 4 is 0 Å². The Hall–Kier alpha value is -1.68. The smallest absolute Gasteiger partial charge is 0.0876 e. The molecule has 0 fully saturated rings. The van der Waals surface area contributed by atoms with Gasteiger partial charge in [-0.05, 0) is 38.6 Å². The van der Waals surface area contributed by atoms with Crippen molar-refractivity contribution in [3.8, 4) is 5.69 Å². The molecule has 16 heavy (non-hydrogen) atoms. The van der Waals surface area contributed by atoms with Crippen LogP contribution in [0.2, 0.25) is 0 Å². The van der Waals surface area contributed by atoms with E-state index in [-0.39, 0.29) is 0 Å². The number of hydrogen-bond acceptors (Lipinski definition) is 3. The summed E-state index contributed by atoms with van der Waals surface area (Å²) in [5.41, 5.74) is 4.39. The van der Waals surface area contributed by atoms with E-state index in [1.807, 2.05) is 37.1 Å². The maximum atomic E-state index is 4.47. The van der Waals surface area contributed by atoms with Crippen LogP contribution in [0.25, 0.3) is 5.69 Å². The Balaban J connectivity index is 2.50. The predicted molar refractivity (Wildman–Crippen MR) is 63.6 cm³/mol. The maximum Gasteiger partial charge on any atom is 0.0876 e. The summed E-state index contributed by atoms with van der Waals surface area (Å²) in [6, 6.07) is 4.08. The zero-order chi connectivity index (χ0) is 11.5. The van der Waals surface area contributed by atoms with Crippen LogP contribution in [0.5, 0.6) is 0 Å². The SMILES string of the molecule is CNCc1ccncc1-n1nc(C)cc1C. The third kappa shape index (κ3) is 1.97. The number of nitrogens with one attached hydrogen (secondary N) is 1. The zero-order valence-corrected chi connectivity index (χ0v) is 9.86. The first-order valence-electron chi connectivity index (χ1n) is 5.33. The molecule has 0 radical (unpaired) electrons. The molecule has 0 saturated carbocycles. The number of aryl methyl sites for hydroxylation is 2. The van der Waals surface area contributed by atoms with Crippen molar-refractivity contribution in [3.05, 3.63) is 41.5 Å². The van der Waals surface area contributed by atoms with Crippen molar-refractivity contribution < 1.29 is 0 Å². The molecule has 0 unspecified atom stereocenters. The molecule has 0 aliphatic carbocycles. The Morgan fingerprint density at radius 3 is 2.81 bits per heavy atom. The van der Waals surface area contributed by atoms with Crippen molar-refractivity contribution in [3.63, 3.8) is 0 Å². The first-order valence-corrected chi connectivity index (χ1v) is 5.33. The Kier molecular flexibility index (Phi) is 3.01. The molecular formula is C12H16N4. The third-order valence-electron chi connectivity index (χ3n) is 2.49. The van der Waals surface area contributed by atoms with E-state index in [4.69, 9.17) is 0 Å². The Morgan fingerprint density at radius 1 is 1.38 bits per heavy atom. The Morgan fingerprint density at radius 2 is 2.19 bits per heavy atom. The van der Waals surface area contributed by atoms with Crippen LogP contribution in [0.1, 0.15) is 17.0 Å². The summed E-state index contributed by atoms with van der Waals surface area (Å²) in [5.74, 6) is 0. The summed E-state index contributed by atoms with van der Waals surface area (Å²) in [7, 11) is 1.94. The van der Waals surface area contributed by atoms with Crippen LogP contribution >= 0.6 is 0 Å². The van der Waals surface area contributed by atoms with Crippen LogP contribution in [0.4, 0.5) is 0 Å². The van der Waals surface area contributed by atoms with Crippen LogP contribution in [0.3, 0.4) is 0 Å². The van der Waals surface area contributed by atoms with E-state index in [2.05, 4.69) is 28.4 Å². The average Bonchev–Trinajstić information content (AvgIpc) is 2.59. The third-order valence-corrected chi connectivity index (χ3v) is 2.49. The van der Waals surface area contributed by atoms with Gasteiger partial charge in [0.15, 0.2) is 0 Å². The lowest BCUT2D eigenvalue weighted by Crippen LogP contribution is -2.10. The van der Waals surface area contributed by atoms with Gasteiger partial charge in [0, 0.05) is 18.4 Å². The minimum atomic E-state index is 0.816. The molecule has 2 rings (SSSR count). The van der Waals surface area contributed by atoms with Crippen LogP contribution in [0, 0.1) is 13.8 Å². The highest BCUT2D eigenvalue weighted by Gasteiger charge is 2.08. The molecule has 0 aliphatic rings. The fourth-order valence-electron chi connectivity index (χ4n) is 1.82. The van der Waals surface area contributed by atoms with Crippen molar-refractivity contribution in [1.29, 1.82) is 0 Å². The molecule has 0 aromatic carbocycles. The summed E-state index contributed by atoms with van der Waals surface area (Å²) in [5, 5.41) is 7.62. The lowest BCUT2D eigenvalue weighted by molar-refractivity contribution is 0.770. The fourth-order valence-corrected chi connectivity index (χ4v) is 1.82. The van der Waals surface area contributed by atoms with E-state index < -0.39 is 0 Å². The highest BCUT2D eigenvalue weighted by molar-refractivity contribution is 5.39. The van der Waals surface area contributed by atoms with Crippen LogP contribution in [-0.4, -0.2) is 21.8 Å². The minimum absolute atomic E-state index is 0.816. The van der Waals surface area contributed by atoms with Gasteiger partial charge in [0.25, 0.3) is 0 Å². The highest BCUT2D eigenvalue weighted by Crippen LogP contribution is 2.15. The summed E-state index contributed by atoms with van der Waals surface area (Å²) >= 11 is 0. The molecule has 0 atom stereocenters. The molecule has 0 bridgehead atoms. The van der Waals surface area contributed by atoms with Gasteiger partial charge in [0.05, 0.1) is 17.6 Å². The molecule has 4 heteroatoms. The van der Waals surface area contributed by atoms with Crippen LogP contribution in [-0.2, 0) is 6.54 Å². The van der Waals surface area contributed by atoms with Gasteiger partial charge in [0.2, 0.25) is 0 Å². The molecule has 0 aliphatic heterocycles. The number of nitrogens with zero attached hydrogens (tertiary/aromatic N) is 3. The highest BCUT2D eigenvalue weighted by atomic mass is 15.3. The van der Waals surface area contributed by atoms with Crippen molar-refractivity contribution in [1.82, 2.24) is 20.1 Å². The van der Waals surface area contributed by atoms with E-state index in [1.165, 1.54) is 5.56 Å². The van der Waals surface area contributed by atoms with E-state index in [9.17, 15) is 0 Å². The van der Waals surface area contributed by atoms with E-state index in [0.717, 1.165) is 23.6 Å². The minimum Gasteiger partial charge on any atom is -0.316 e. The molecule has 0 saturated heterocycles. The van der Waals surface area contributed by atoms with Gasteiger partial charge in [-0.15, -0.1) is 0 Å². The molecule has 2 aromatic rings. The second-order valence-electron chi connectivity index (χ2n) is 3.87. The number of rotatable bonds is 3. The van der Waals surface area contributed by atoms with Crippen molar-refractivity contribution in [2.75, 3.05) is 7.05 Å². The number of pyridine rings is 1. The predicted octanol–water partition coefficient (Wildman–Crippen LogP) is 1.60. The Labute approximate surface area is 95.3 Å². The lowest BCUT2D eigenvalue weighted by Gasteiger charge is -2.09. The molecule has 2 aromatic heterocycles. The van der Waals surface area contributed by atoms with Gasteiger partial charge in [-0.25, -0.2) is 4.68 Å². The fraction of sp³-hybridized carbons (Fsp3) is 0.333. The molecule has 0 spiro atoms. The van der Waals surface area contributed by atoms with Gasteiger partial charge in [-0.3, -0.25) is 4.98 Å². The van der Waals surface area contributed by atoms with Crippen molar-refractivity contribution in [2.24, 2.45) is 0 Å². The van der Waals surface area contributed by atoms with Gasteiger partial charge in [-0.1, -0.05) is 0 Å². The van der Waals surface area contributed by atoms with E-state index >= 15 is 0 Å². The molecule has 2 heterocycles. The van der Waals surface area contributed by atoms with E-state index in [0.29, 0.717) is 0 Å². The number of hydrogen-bond donors (Lipinski definition) is 1. The van der Waals surface area contributed by atoms with Crippen LogP contribution < -0.4 is 5.32 Å². The summed E-state index contributed by atoms with van der Waals surface area (Å²) < 4.78 is 1.94. The molecular weight excluding hydrogens is 200 g/mol. The standard InChI is InChI=1S/C12H16N4/c1-9-6-10(2)16(15-9)12-8-14-5-4-11(12)7-13-3/h4-6,8,13H,7H2,1-3H3. The summed E-state index contributed by atoms with van der Waals surface area (Å²) in [4.78, 5) is 4.17. The Bertz CT molecular complexity index is 488. The molecule has 4 nitrogen and oxygen atoms in total. The monoisotopic (exact) mass is 216 g/mol. The average molecular weight is 216 g/mol. The largest absolute Gasteiger partial charge is 0.316 e. The second-order valence-corrected chi connectivity index (χ2v) is 3.87. The molecule has 0 amide bonds. The maximum absolute atomic E-state index is 4.47. The van der Waals surface area contributed by atoms with Crippen molar-refractivity contribution in [2.45, 2.75) is 20.4 Å². The summed E-state index contributed by atoms with van der Waals surface area (Å²) in [6.07, 6.45) is 3.66. The summed E-state index contributed by atoms with van der Waals surface area (Å²) in [6.45, 7) is 4.87. The van der Waals surface area contributed by atoms with E-state index in [1.54, 1.807) is 0 Å². The number of aromatic nitrogens is 3. The van der Waals surface area contributed by atoms with Gasteiger partial charge < -0.3 is 5.32 Å².